The van der Waals surface area contributed by atoms with Gasteiger partial charge in [-0.05, 0) is 23.4 Å². The molecule has 0 saturated heterocycles. The van der Waals surface area contributed by atoms with Crippen LogP contribution in [-0.4, -0.2) is 29.1 Å². The zero-order valence-electron chi connectivity index (χ0n) is 18.0. The predicted octanol–water partition coefficient (Wildman–Crippen LogP) is 4.03. The molecule has 0 aliphatic carbocycles. The SMILES string of the molecule is CCCCn1c(CSc2ncnc3sccc23)nc2c1c(=O)[nH]c(=O)n2Cc1ccccc1. The van der Waals surface area contributed by atoms with E-state index >= 15 is 0 Å². The van der Waals surface area contributed by atoms with E-state index in [0.717, 1.165) is 39.5 Å². The van der Waals surface area contributed by atoms with Crippen molar-refractivity contribution < 1.29 is 0 Å². The van der Waals surface area contributed by atoms with Gasteiger partial charge >= 0.3 is 5.69 Å². The van der Waals surface area contributed by atoms with Gasteiger partial charge in [0.15, 0.2) is 11.2 Å². The highest BCUT2D eigenvalue weighted by Crippen LogP contribution is 2.30. The summed E-state index contributed by atoms with van der Waals surface area (Å²) in [5.74, 6) is 1.28. The van der Waals surface area contributed by atoms with Crippen LogP contribution in [0.4, 0.5) is 0 Å². The van der Waals surface area contributed by atoms with Crippen LogP contribution in [0.15, 0.2) is 62.7 Å². The molecular weight excluding hydrogens is 456 g/mol. The Morgan fingerprint density at radius 3 is 2.76 bits per heavy atom. The minimum Gasteiger partial charge on any atom is -0.321 e. The van der Waals surface area contributed by atoms with E-state index in [-0.39, 0.29) is 0 Å². The molecule has 0 aliphatic heterocycles. The number of benzene rings is 1. The average Bonchev–Trinajstić information content (AvgIpc) is 3.45. The van der Waals surface area contributed by atoms with Crippen molar-refractivity contribution in [1.29, 1.82) is 0 Å². The van der Waals surface area contributed by atoms with Crippen molar-refractivity contribution in [2.24, 2.45) is 0 Å². The molecule has 0 amide bonds. The second kappa shape index (κ2) is 9.32. The predicted molar refractivity (Wildman–Crippen MR) is 132 cm³/mol. The van der Waals surface area contributed by atoms with Crippen molar-refractivity contribution in [1.82, 2.24) is 29.1 Å². The van der Waals surface area contributed by atoms with E-state index in [0.29, 0.717) is 30.0 Å². The number of rotatable bonds is 8. The number of unbranched alkanes of at least 4 members (excludes halogenated alkanes) is 1. The Morgan fingerprint density at radius 2 is 1.94 bits per heavy atom. The number of nitrogens with one attached hydrogen (secondary N) is 1. The number of nitrogens with zero attached hydrogens (tertiary/aromatic N) is 5. The summed E-state index contributed by atoms with van der Waals surface area (Å²) in [6, 6.07) is 11.7. The summed E-state index contributed by atoms with van der Waals surface area (Å²) in [6.45, 7) is 3.11. The molecule has 0 bridgehead atoms. The minimum absolute atomic E-state index is 0.339. The van der Waals surface area contributed by atoms with E-state index in [1.807, 2.05) is 46.3 Å². The van der Waals surface area contributed by atoms with Gasteiger partial charge in [-0.2, -0.15) is 0 Å². The maximum atomic E-state index is 12.9. The Balaban J connectivity index is 1.59. The molecule has 5 rings (SSSR count). The molecule has 0 radical (unpaired) electrons. The molecular formula is C23H22N6O2S2. The topological polar surface area (TPSA) is 98.5 Å². The molecule has 0 spiro atoms. The van der Waals surface area contributed by atoms with Crippen LogP contribution in [0.25, 0.3) is 21.4 Å². The summed E-state index contributed by atoms with van der Waals surface area (Å²) in [5.41, 5.74) is 0.973. The van der Waals surface area contributed by atoms with Gasteiger partial charge in [0, 0.05) is 11.9 Å². The van der Waals surface area contributed by atoms with Crippen LogP contribution in [0.3, 0.4) is 0 Å². The van der Waals surface area contributed by atoms with E-state index in [9.17, 15) is 9.59 Å². The standard InChI is InChI=1S/C23H22N6O2S2/c1-2-3-10-28-17(13-33-22-16-9-11-32-21(16)24-14-25-22)26-19-18(28)20(30)27-23(31)29(19)12-15-7-5-4-6-8-15/h4-9,11,14H,2-3,10,12-13H2,1H3,(H,27,30,31). The molecule has 0 aliphatic rings. The highest BCUT2D eigenvalue weighted by molar-refractivity contribution is 7.98. The molecule has 0 unspecified atom stereocenters. The van der Waals surface area contributed by atoms with Crippen LogP contribution in [-0.2, 0) is 18.8 Å². The molecule has 0 atom stereocenters. The number of H-pyrrole nitrogens is 1. The Labute approximate surface area is 197 Å². The van der Waals surface area contributed by atoms with E-state index in [2.05, 4.69) is 21.9 Å². The van der Waals surface area contributed by atoms with Gasteiger partial charge in [0.25, 0.3) is 5.56 Å². The Morgan fingerprint density at radius 1 is 1.09 bits per heavy atom. The van der Waals surface area contributed by atoms with Crippen molar-refractivity contribution in [3.8, 4) is 0 Å². The first-order chi connectivity index (χ1) is 16.2. The van der Waals surface area contributed by atoms with Crippen LogP contribution in [0, 0.1) is 0 Å². The molecule has 4 aromatic heterocycles. The highest BCUT2D eigenvalue weighted by Gasteiger charge is 2.19. The van der Waals surface area contributed by atoms with Crippen LogP contribution in [0.1, 0.15) is 31.2 Å². The van der Waals surface area contributed by atoms with E-state index < -0.39 is 11.2 Å². The molecule has 5 aromatic rings. The lowest BCUT2D eigenvalue weighted by molar-refractivity contribution is 0.626. The number of thioether (sulfide) groups is 1. The fraction of sp³-hybridized carbons (Fsp3) is 0.261. The quantitative estimate of drug-likeness (QED) is 0.267. The van der Waals surface area contributed by atoms with Crippen LogP contribution >= 0.6 is 23.1 Å². The van der Waals surface area contributed by atoms with E-state index in [4.69, 9.17) is 4.98 Å². The molecule has 0 saturated carbocycles. The maximum absolute atomic E-state index is 12.9. The van der Waals surface area contributed by atoms with Gasteiger partial charge in [-0.3, -0.25) is 14.3 Å². The zero-order valence-corrected chi connectivity index (χ0v) is 19.7. The fourth-order valence-electron chi connectivity index (χ4n) is 3.81. The third-order valence-corrected chi connectivity index (χ3v) is 7.27. The second-order valence-electron chi connectivity index (χ2n) is 7.64. The first-order valence-corrected chi connectivity index (χ1v) is 12.6. The number of imidazole rings is 1. The van der Waals surface area contributed by atoms with Gasteiger partial charge < -0.3 is 4.57 Å². The summed E-state index contributed by atoms with van der Waals surface area (Å²) < 4.78 is 3.50. The van der Waals surface area contributed by atoms with Crippen molar-refractivity contribution in [2.75, 3.05) is 0 Å². The molecule has 0 fully saturated rings. The summed E-state index contributed by atoms with van der Waals surface area (Å²) in [5, 5.41) is 3.90. The number of aryl methyl sites for hydroxylation is 1. The number of hydrogen-bond acceptors (Lipinski definition) is 7. The molecule has 1 N–H and O–H groups in total. The molecule has 1 aromatic carbocycles. The van der Waals surface area contributed by atoms with Crippen LogP contribution in [0.5, 0.6) is 0 Å². The van der Waals surface area contributed by atoms with Crippen LogP contribution in [0.2, 0.25) is 0 Å². The summed E-state index contributed by atoms with van der Waals surface area (Å²) in [7, 11) is 0. The van der Waals surface area contributed by atoms with Gasteiger partial charge in [0.2, 0.25) is 0 Å². The number of thiophene rings is 1. The highest BCUT2D eigenvalue weighted by atomic mass is 32.2. The van der Waals surface area contributed by atoms with Gasteiger partial charge in [-0.25, -0.2) is 19.7 Å². The molecule has 8 nitrogen and oxygen atoms in total. The molecule has 4 heterocycles. The Bertz CT molecular complexity index is 1530. The van der Waals surface area contributed by atoms with Crippen molar-refractivity contribution in [3.63, 3.8) is 0 Å². The first-order valence-electron chi connectivity index (χ1n) is 10.7. The summed E-state index contributed by atoms with van der Waals surface area (Å²) in [4.78, 5) is 42.6. The minimum atomic E-state index is -0.452. The number of aromatic amines is 1. The molecule has 168 valence electrons. The van der Waals surface area contributed by atoms with E-state index in [1.165, 1.54) is 0 Å². The number of fused-ring (bicyclic) bond motifs is 2. The Hall–Kier alpha value is -3.24. The van der Waals surface area contributed by atoms with Gasteiger partial charge in [0.1, 0.15) is 22.0 Å². The lowest BCUT2D eigenvalue weighted by Crippen LogP contribution is -2.31. The summed E-state index contributed by atoms with van der Waals surface area (Å²) in [6.07, 6.45) is 3.46. The van der Waals surface area contributed by atoms with Gasteiger partial charge in [-0.15, -0.1) is 11.3 Å². The Kier molecular flexibility index (Phi) is 6.10. The average molecular weight is 479 g/mol. The monoisotopic (exact) mass is 478 g/mol. The maximum Gasteiger partial charge on any atom is 0.330 e. The normalized spacial score (nSPS) is 11.5. The third-order valence-electron chi connectivity index (χ3n) is 5.45. The molecule has 10 heteroatoms. The van der Waals surface area contributed by atoms with Gasteiger partial charge in [-0.1, -0.05) is 55.4 Å². The lowest BCUT2D eigenvalue weighted by Gasteiger charge is -2.09. The zero-order chi connectivity index (χ0) is 22.8. The third kappa shape index (κ3) is 4.23. The second-order valence-corrected chi connectivity index (χ2v) is 9.50. The fourth-order valence-corrected chi connectivity index (χ4v) is 5.54. The first kappa shape index (κ1) is 21.6. The number of aromatic nitrogens is 6. The van der Waals surface area contributed by atoms with Crippen molar-refractivity contribution in [2.45, 2.75) is 43.6 Å². The molecule has 33 heavy (non-hydrogen) atoms. The van der Waals surface area contributed by atoms with Crippen LogP contribution < -0.4 is 11.2 Å². The smallest absolute Gasteiger partial charge is 0.321 e. The van der Waals surface area contributed by atoms with Crippen molar-refractivity contribution >= 4 is 44.5 Å². The lowest BCUT2D eigenvalue weighted by atomic mass is 10.2. The van der Waals surface area contributed by atoms with E-state index in [1.54, 1.807) is 34.0 Å². The largest absolute Gasteiger partial charge is 0.330 e. The number of hydrogen-bond donors (Lipinski definition) is 1. The van der Waals surface area contributed by atoms with Gasteiger partial charge in [0.05, 0.1) is 12.3 Å². The summed E-state index contributed by atoms with van der Waals surface area (Å²) >= 11 is 3.14. The van der Waals surface area contributed by atoms with Crippen molar-refractivity contribution in [3.05, 3.63) is 80.3 Å².